The van der Waals surface area contributed by atoms with Gasteiger partial charge in [-0.05, 0) is 46.2 Å². The zero-order valence-corrected chi connectivity index (χ0v) is 14.6. The average Bonchev–Trinajstić information content (AvgIpc) is 3.31. The maximum Gasteiger partial charge on any atom is 0.239 e. The number of carbonyl (C=O) groups excluding carboxylic acids is 2. The molecular weight excluding hydrogens is 342 g/mol. The Morgan fingerprint density at radius 3 is 1.73 bits per heavy atom. The molecule has 0 N–H and O–H groups in total. The highest BCUT2D eigenvalue weighted by molar-refractivity contribution is 8.00. The lowest BCUT2D eigenvalue weighted by atomic mass is 9.76. The van der Waals surface area contributed by atoms with Gasteiger partial charge in [-0.1, -0.05) is 42.5 Å². The SMILES string of the molecule is O=C1[C@@H]2[C@@H](C(=O)N1c1ccccc1)[C@H]1S[C@H]2c2cc3ccccc3cc21. The topological polar surface area (TPSA) is 37.4 Å². The molecule has 3 aromatic rings. The van der Waals surface area contributed by atoms with E-state index < -0.39 is 0 Å². The number of carbonyl (C=O) groups is 2. The average molecular weight is 357 g/mol. The van der Waals surface area contributed by atoms with Crippen molar-refractivity contribution < 1.29 is 9.59 Å². The molecule has 3 aliphatic heterocycles. The largest absolute Gasteiger partial charge is 0.274 e. The van der Waals surface area contributed by atoms with Gasteiger partial charge in [-0.15, -0.1) is 11.8 Å². The molecule has 0 unspecified atom stereocenters. The minimum atomic E-state index is -0.230. The highest BCUT2D eigenvalue weighted by Gasteiger charge is 2.63. The van der Waals surface area contributed by atoms with Crippen LogP contribution in [0.2, 0.25) is 0 Å². The second-order valence-electron chi connectivity index (χ2n) is 7.20. The van der Waals surface area contributed by atoms with Crippen molar-refractivity contribution in [3.05, 3.63) is 77.9 Å². The smallest absolute Gasteiger partial charge is 0.239 e. The number of para-hydroxylation sites is 1. The molecule has 0 aliphatic carbocycles. The van der Waals surface area contributed by atoms with Gasteiger partial charge in [-0.2, -0.15) is 0 Å². The van der Waals surface area contributed by atoms with Crippen molar-refractivity contribution >= 4 is 40.0 Å². The number of benzene rings is 3. The van der Waals surface area contributed by atoms with Crippen LogP contribution in [0.5, 0.6) is 0 Å². The summed E-state index contributed by atoms with van der Waals surface area (Å²) in [5.41, 5.74) is 3.18. The van der Waals surface area contributed by atoms with E-state index in [-0.39, 0.29) is 34.2 Å². The van der Waals surface area contributed by atoms with Crippen LogP contribution in [-0.2, 0) is 9.59 Å². The summed E-state index contributed by atoms with van der Waals surface area (Å²) in [5, 5.41) is 2.59. The third kappa shape index (κ3) is 1.70. The van der Waals surface area contributed by atoms with Crippen LogP contribution in [0.4, 0.5) is 5.69 Å². The van der Waals surface area contributed by atoms with Gasteiger partial charge in [0, 0.05) is 10.5 Å². The van der Waals surface area contributed by atoms with Gasteiger partial charge in [-0.25, -0.2) is 4.90 Å². The molecule has 3 nitrogen and oxygen atoms in total. The molecule has 2 bridgehead atoms. The first-order valence-corrected chi connectivity index (χ1v) is 9.79. The number of hydrogen-bond acceptors (Lipinski definition) is 3. The summed E-state index contributed by atoms with van der Waals surface area (Å²) < 4.78 is 0. The van der Waals surface area contributed by atoms with Crippen molar-refractivity contribution in [1.82, 2.24) is 0 Å². The molecule has 0 radical (unpaired) electrons. The Labute approximate surface area is 155 Å². The van der Waals surface area contributed by atoms with E-state index in [1.165, 1.54) is 26.8 Å². The first-order chi connectivity index (χ1) is 12.7. The second kappa shape index (κ2) is 4.98. The minimum Gasteiger partial charge on any atom is -0.274 e. The molecule has 2 saturated heterocycles. The summed E-state index contributed by atoms with van der Waals surface area (Å²) >= 11 is 1.80. The number of anilines is 1. The molecule has 3 aliphatic rings. The monoisotopic (exact) mass is 357 g/mol. The molecule has 6 rings (SSSR count). The fraction of sp³-hybridized carbons (Fsp3) is 0.182. The predicted molar refractivity (Wildman–Crippen MR) is 103 cm³/mol. The van der Waals surface area contributed by atoms with Crippen LogP contribution in [0, 0.1) is 11.8 Å². The fourth-order valence-corrected chi connectivity index (χ4v) is 6.74. The Kier molecular flexibility index (Phi) is 2.79. The van der Waals surface area contributed by atoms with E-state index in [9.17, 15) is 9.59 Å². The number of thioether (sulfide) groups is 1. The van der Waals surface area contributed by atoms with Crippen LogP contribution >= 0.6 is 11.8 Å². The molecule has 4 heteroatoms. The lowest BCUT2D eigenvalue weighted by molar-refractivity contribution is -0.122. The highest BCUT2D eigenvalue weighted by atomic mass is 32.2. The molecule has 4 atom stereocenters. The third-order valence-electron chi connectivity index (χ3n) is 5.92. The Balaban J connectivity index is 1.49. The van der Waals surface area contributed by atoms with Crippen molar-refractivity contribution in [1.29, 1.82) is 0 Å². The van der Waals surface area contributed by atoms with Gasteiger partial charge in [0.1, 0.15) is 0 Å². The summed E-state index contributed by atoms with van der Waals surface area (Å²) in [4.78, 5) is 27.7. The fourth-order valence-electron chi connectivity index (χ4n) is 4.81. The Hall–Kier alpha value is -2.59. The number of hydrogen-bond donors (Lipinski definition) is 0. The zero-order valence-electron chi connectivity index (χ0n) is 13.8. The van der Waals surface area contributed by atoms with Crippen molar-refractivity contribution in [3.8, 4) is 0 Å². The van der Waals surface area contributed by atoms with Gasteiger partial charge in [0.05, 0.1) is 17.5 Å². The van der Waals surface area contributed by atoms with E-state index in [2.05, 4.69) is 24.3 Å². The van der Waals surface area contributed by atoms with Crippen LogP contribution in [-0.4, -0.2) is 11.8 Å². The lowest BCUT2D eigenvalue weighted by Gasteiger charge is -2.22. The van der Waals surface area contributed by atoms with Gasteiger partial charge in [0.25, 0.3) is 0 Å². The van der Waals surface area contributed by atoms with Crippen LogP contribution in [0.1, 0.15) is 21.6 Å². The molecule has 2 amide bonds. The molecule has 0 spiro atoms. The van der Waals surface area contributed by atoms with Gasteiger partial charge < -0.3 is 0 Å². The number of fused-ring (bicyclic) bond motifs is 9. The maximum absolute atomic E-state index is 13.2. The first-order valence-electron chi connectivity index (χ1n) is 8.85. The van der Waals surface area contributed by atoms with E-state index in [0.717, 1.165) is 0 Å². The Morgan fingerprint density at radius 1 is 0.692 bits per heavy atom. The van der Waals surface area contributed by atoms with Gasteiger partial charge in [0.2, 0.25) is 11.8 Å². The summed E-state index contributed by atoms with van der Waals surface area (Å²) in [6.45, 7) is 0. The summed E-state index contributed by atoms with van der Waals surface area (Å²) in [7, 11) is 0. The van der Waals surface area contributed by atoms with Crippen LogP contribution in [0.25, 0.3) is 10.8 Å². The van der Waals surface area contributed by atoms with E-state index in [1.54, 1.807) is 11.8 Å². The van der Waals surface area contributed by atoms with Gasteiger partial charge >= 0.3 is 0 Å². The second-order valence-corrected chi connectivity index (χ2v) is 8.49. The van der Waals surface area contributed by atoms with E-state index >= 15 is 0 Å². The van der Waals surface area contributed by atoms with E-state index in [4.69, 9.17) is 0 Å². The molecule has 26 heavy (non-hydrogen) atoms. The summed E-state index contributed by atoms with van der Waals surface area (Å²) in [5.74, 6) is -0.534. The quantitative estimate of drug-likeness (QED) is 0.602. The summed E-state index contributed by atoms with van der Waals surface area (Å²) in [6, 6.07) is 22.1. The molecule has 0 saturated carbocycles. The van der Waals surface area contributed by atoms with Crippen molar-refractivity contribution in [2.45, 2.75) is 10.5 Å². The molecule has 3 heterocycles. The molecule has 2 fully saturated rings. The van der Waals surface area contributed by atoms with Crippen LogP contribution < -0.4 is 4.90 Å². The maximum atomic E-state index is 13.2. The molecular formula is C22H15NO2S. The number of rotatable bonds is 1. The predicted octanol–water partition coefficient (Wildman–Crippen LogP) is 4.49. The standard InChI is InChI=1S/C22H15NO2S/c24-21-17-18(22(25)23(21)14-8-2-1-3-9-14)20-16-11-13-7-5-4-6-12(13)10-15(16)19(17)26-20/h1-11,17-20H/t17-,18-,19+,20+/m1/s1. The normalized spacial score (nSPS) is 28.7. The zero-order chi connectivity index (χ0) is 17.4. The number of nitrogens with zero attached hydrogens (tertiary/aromatic N) is 1. The van der Waals surface area contributed by atoms with Crippen molar-refractivity contribution in [3.63, 3.8) is 0 Å². The van der Waals surface area contributed by atoms with Crippen molar-refractivity contribution in [2.24, 2.45) is 11.8 Å². The first kappa shape index (κ1) is 14.6. The third-order valence-corrected chi connectivity index (χ3v) is 7.60. The van der Waals surface area contributed by atoms with Crippen LogP contribution in [0.3, 0.4) is 0 Å². The highest BCUT2D eigenvalue weighted by Crippen LogP contribution is 2.69. The Morgan fingerprint density at radius 2 is 1.19 bits per heavy atom. The lowest BCUT2D eigenvalue weighted by Crippen LogP contribution is -2.31. The summed E-state index contributed by atoms with van der Waals surface area (Å²) in [6.07, 6.45) is 0. The number of amides is 2. The Bertz CT molecular complexity index is 1030. The molecule has 0 aromatic heterocycles. The van der Waals surface area contributed by atoms with Crippen molar-refractivity contribution in [2.75, 3.05) is 4.90 Å². The molecule has 126 valence electrons. The molecule has 3 aromatic carbocycles. The van der Waals surface area contributed by atoms with Gasteiger partial charge in [-0.3, -0.25) is 9.59 Å². The minimum absolute atomic E-state index is 0.0370. The van der Waals surface area contributed by atoms with Crippen LogP contribution in [0.15, 0.2) is 66.7 Å². The van der Waals surface area contributed by atoms with Gasteiger partial charge in [0.15, 0.2) is 0 Å². The number of imide groups is 1. The van der Waals surface area contributed by atoms with E-state index in [0.29, 0.717) is 5.69 Å². The van der Waals surface area contributed by atoms with E-state index in [1.807, 2.05) is 42.5 Å².